The van der Waals surface area contributed by atoms with Crippen molar-refractivity contribution in [3.63, 3.8) is 0 Å². The van der Waals surface area contributed by atoms with E-state index in [9.17, 15) is 52.7 Å². The molecule has 0 radical (unpaired) electrons. The second-order valence-corrected chi connectivity index (χ2v) is 13.5. The minimum Gasteiger partial charge on any atom is -0.244 e. The van der Waals surface area contributed by atoms with Crippen molar-refractivity contribution in [3.8, 4) is 33.6 Å². The van der Waals surface area contributed by atoms with E-state index in [1.54, 1.807) is 36.4 Å². The Morgan fingerprint density at radius 2 is 0.825 bits per heavy atom. The maximum absolute atomic E-state index is 14.0. The first-order valence-corrected chi connectivity index (χ1v) is 16.7. The molecule has 0 N–H and O–H groups in total. The minimum absolute atomic E-state index is 0.0471. The Balaban J connectivity index is 1.15. The Kier molecular flexibility index (Phi) is 7.55. The number of aromatic nitrogens is 4. The topological polar surface area (TPSA) is 51.6 Å². The van der Waals surface area contributed by atoms with Gasteiger partial charge in [0.1, 0.15) is 0 Å². The molecule has 4 nitrogen and oxygen atoms in total. The number of benzene rings is 4. The summed E-state index contributed by atoms with van der Waals surface area (Å²) in [6.07, 6.45) is -17.3. The molecule has 3 aliphatic carbocycles. The van der Waals surface area contributed by atoms with Crippen LogP contribution in [0.4, 0.5) is 52.7 Å². The summed E-state index contributed by atoms with van der Waals surface area (Å²) in [5, 5.41) is -1.25. The van der Waals surface area contributed by atoms with E-state index >= 15 is 0 Å². The molecule has 4 aromatic carbocycles. The molecule has 0 aliphatic heterocycles. The average Bonchev–Trinajstić information content (AvgIpc) is 3.61. The number of rotatable bonds is 1. The first kappa shape index (κ1) is 36.3. The summed E-state index contributed by atoms with van der Waals surface area (Å²) in [6, 6.07) is 13.2. The number of allylic oxidation sites excluding steroid dienone is 9. The smallest absolute Gasteiger partial charge is 0.244 e. The average molecular weight is 795 g/mol. The second-order valence-electron chi connectivity index (χ2n) is 13.5. The Morgan fingerprint density at radius 3 is 1.25 bits per heavy atom. The van der Waals surface area contributed by atoms with Crippen molar-refractivity contribution < 1.29 is 52.7 Å². The third-order valence-electron chi connectivity index (χ3n) is 10.1. The summed E-state index contributed by atoms with van der Waals surface area (Å²) in [4.78, 5) is 18.5. The summed E-state index contributed by atoms with van der Waals surface area (Å²) < 4.78 is 168. The lowest BCUT2D eigenvalue weighted by molar-refractivity contribution is -0.140. The highest BCUT2D eigenvalue weighted by atomic mass is 19.4. The van der Waals surface area contributed by atoms with Crippen LogP contribution in [-0.4, -0.2) is 32.3 Å². The van der Waals surface area contributed by atoms with Gasteiger partial charge in [0.25, 0.3) is 0 Å². The van der Waals surface area contributed by atoms with Crippen molar-refractivity contribution >= 4 is 44.0 Å². The van der Waals surface area contributed by atoms with Crippen molar-refractivity contribution in [2.45, 2.75) is 31.1 Å². The second kappa shape index (κ2) is 11.8. The zero-order chi connectivity index (χ0) is 40.6. The van der Waals surface area contributed by atoms with E-state index in [4.69, 9.17) is 0 Å². The molecule has 2 aromatic heterocycles. The highest BCUT2D eigenvalue weighted by molar-refractivity contribution is 6.16. The van der Waals surface area contributed by atoms with E-state index in [1.807, 2.05) is 0 Å². The molecular weight excluding hydrogens is 776 g/mol. The maximum atomic E-state index is 14.0. The van der Waals surface area contributed by atoms with Crippen molar-refractivity contribution in [2.75, 3.05) is 0 Å². The zero-order valence-corrected chi connectivity index (χ0v) is 28.3. The van der Waals surface area contributed by atoms with E-state index in [2.05, 4.69) is 26.5 Å². The van der Waals surface area contributed by atoms with E-state index < -0.39 is 57.9 Å². The molecule has 2 bridgehead atoms. The highest BCUT2D eigenvalue weighted by Crippen LogP contribution is 2.52. The fourth-order valence-corrected chi connectivity index (χ4v) is 7.55. The summed E-state index contributed by atoms with van der Waals surface area (Å²) in [5.74, 6) is 0. The van der Waals surface area contributed by atoms with Crippen LogP contribution in [0.1, 0.15) is 28.9 Å². The first-order chi connectivity index (χ1) is 26.7. The number of alkyl halides is 12. The molecule has 3 aliphatic rings. The van der Waals surface area contributed by atoms with Crippen LogP contribution in [0.15, 0.2) is 108 Å². The largest absolute Gasteiger partial charge is 0.417 e. The first-order valence-electron chi connectivity index (χ1n) is 16.7. The van der Waals surface area contributed by atoms with E-state index in [0.717, 1.165) is 24.3 Å². The molecule has 0 saturated carbocycles. The molecule has 0 amide bonds. The van der Waals surface area contributed by atoms with Crippen LogP contribution >= 0.6 is 0 Å². The Bertz CT molecular complexity index is 2920. The molecule has 2 heterocycles. The Hall–Kier alpha value is -6.32. The zero-order valence-electron chi connectivity index (χ0n) is 28.3. The van der Waals surface area contributed by atoms with Gasteiger partial charge in [0.15, 0.2) is 0 Å². The van der Waals surface area contributed by atoms with Crippen LogP contribution in [0, 0.1) is 0 Å². The predicted octanol–water partition coefficient (Wildman–Crippen LogP) is 12.8. The van der Waals surface area contributed by atoms with Crippen LogP contribution in [-0.2, 0) is 12.4 Å². The normalized spacial score (nSPS) is 19.4. The molecule has 0 atom stereocenters. The van der Waals surface area contributed by atoms with Crippen LogP contribution < -0.4 is 0 Å². The number of halogens is 12. The van der Waals surface area contributed by atoms with Crippen molar-refractivity contribution in [2.24, 2.45) is 0 Å². The molecule has 16 heteroatoms. The number of nitrogens with zero attached hydrogens (tertiary/aromatic N) is 4. The summed E-state index contributed by atoms with van der Waals surface area (Å²) in [5.41, 5.74) is -3.60. The summed E-state index contributed by atoms with van der Waals surface area (Å²) in [7, 11) is 0. The Labute approximate surface area is 311 Å². The summed E-state index contributed by atoms with van der Waals surface area (Å²) >= 11 is 0. The SMILES string of the molecule is C=C1/C(C(F)(F)F)=C\C=C2/C/C(=C\C=C/1C(F)(F)F)c1nc3cc(-c4ccc5nc6c(nc5c4)-c4ccc(C(F)(F)F)c5c(C(F)(F)F)ccc-6c45)ccc3nc12. The van der Waals surface area contributed by atoms with Gasteiger partial charge in [-0.1, -0.05) is 43.0 Å². The fourth-order valence-electron chi connectivity index (χ4n) is 7.55. The highest BCUT2D eigenvalue weighted by Gasteiger charge is 2.44. The molecule has 286 valence electrons. The van der Waals surface area contributed by atoms with Crippen molar-refractivity contribution in [1.82, 2.24) is 19.9 Å². The standard InChI is InChI=1S/C41H18F12N4/c1-17-24(38(42,43)44)8-2-20-14-21(3-9-25(17)39(45,46)47)35-34(20)54-28-12-4-18(15-30(28)56-35)19-5-13-29-31(16-19)57-37-23-7-11-27(41(51,52)53)33-26(40(48,49)50)10-6-22(32(23)33)36(37)55-29/h2-13,15-16H,1,14H2/b20-2+,21-3+,24-8+,25-9+. The van der Waals surface area contributed by atoms with Crippen LogP contribution in [0.2, 0.25) is 0 Å². The number of hydrogen-bond acceptors (Lipinski definition) is 4. The van der Waals surface area contributed by atoms with Gasteiger partial charge in [0.05, 0.1) is 67.1 Å². The maximum Gasteiger partial charge on any atom is 0.417 e. The molecule has 0 fully saturated rings. The van der Waals surface area contributed by atoms with Crippen molar-refractivity contribution in [1.29, 1.82) is 0 Å². The van der Waals surface area contributed by atoms with E-state index in [-0.39, 0.29) is 56.8 Å². The van der Waals surface area contributed by atoms with Crippen LogP contribution in [0.25, 0.3) is 77.6 Å². The lowest BCUT2D eigenvalue weighted by Crippen LogP contribution is -2.21. The molecule has 0 unspecified atom stereocenters. The molecule has 9 rings (SSSR count). The molecule has 6 aromatic rings. The van der Waals surface area contributed by atoms with Gasteiger partial charge in [-0.15, -0.1) is 0 Å². The molecular formula is C41H18F12N4. The van der Waals surface area contributed by atoms with Gasteiger partial charge in [0.2, 0.25) is 0 Å². The monoisotopic (exact) mass is 794 g/mol. The lowest BCUT2D eigenvalue weighted by Gasteiger charge is -2.19. The molecule has 57 heavy (non-hydrogen) atoms. The fraction of sp³-hybridized carbons (Fsp3) is 0.122. The number of hydrogen-bond donors (Lipinski definition) is 0. The third kappa shape index (κ3) is 5.79. The van der Waals surface area contributed by atoms with Gasteiger partial charge in [-0.2, -0.15) is 52.7 Å². The third-order valence-corrected chi connectivity index (χ3v) is 10.1. The molecule has 0 spiro atoms. The minimum atomic E-state index is -5.15. The van der Waals surface area contributed by atoms with Gasteiger partial charge >= 0.3 is 24.7 Å². The molecule has 0 saturated heterocycles. The number of fused-ring (bicyclic) bond motifs is 10. The van der Waals surface area contributed by atoms with Gasteiger partial charge in [-0.05, 0) is 76.4 Å². The Morgan fingerprint density at radius 1 is 0.421 bits per heavy atom. The van der Waals surface area contributed by atoms with Crippen LogP contribution in [0.5, 0.6) is 0 Å². The quantitative estimate of drug-likeness (QED) is 0.155. The van der Waals surface area contributed by atoms with Gasteiger partial charge in [-0.25, -0.2) is 19.9 Å². The van der Waals surface area contributed by atoms with Gasteiger partial charge in [-0.3, -0.25) is 0 Å². The van der Waals surface area contributed by atoms with Gasteiger partial charge in [0, 0.05) is 28.3 Å². The van der Waals surface area contributed by atoms with Gasteiger partial charge < -0.3 is 0 Å². The van der Waals surface area contributed by atoms with Crippen molar-refractivity contribution in [3.05, 3.63) is 131 Å². The van der Waals surface area contributed by atoms with E-state index in [1.165, 1.54) is 0 Å². The van der Waals surface area contributed by atoms with Crippen LogP contribution in [0.3, 0.4) is 0 Å². The van der Waals surface area contributed by atoms with E-state index in [0.29, 0.717) is 57.5 Å². The summed E-state index contributed by atoms with van der Waals surface area (Å²) in [6.45, 7) is 3.11. The predicted molar refractivity (Wildman–Crippen MR) is 188 cm³/mol. The lowest BCUT2D eigenvalue weighted by atomic mass is 9.94.